The van der Waals surface area contributed by atoms with E-state index in [9.17, 15) is 8.42 Å². The van der Waals surface area contributed by atoms with Crippen molar-refractivity contribution in [1.29, 1.82) is 0 Å². The van der Waals surface area contributed by atoms with E-state index >= 15 is 0 Å². The maximum Gasteiger partial charge on any atom is 0.238 e. The second kappa shape index (κ2) is 7.23. The summed E-state index contributed by atoms with van der Waals surface area (Å²) in [6, 6.07) is 4.49. The summed E-state index contributed by atoms with van der Waals surface area (Å²) in [6.45, 7) is 7.53. The van der Waals surface area contributed by atoms with Crippen molar-refractivity contribution in [2.45, 2.75) is 18.7 Å². The van der Waals surface area contributed by atoms with Crippen molar-refractivity contribution >= 4 is 26.0 Å². The van der Waals surface area contributed by atoms with Crippen LogP contribution in [0, 0.1) is 0 Å². The van der Waals surface area contributed by atoms with Gasteiger partial charge in [0, 0.05) is 6.54 Å². The Morgan fingerprint density at radius 3 is 2.42 bits per heavy atom. The first-order chi connectivity index (χ1) is 8.88. The third-order valence-corrected chi connectivity index (χ3v) is 4.32. The molecule has 19 heavy (non-hydrogen) atoms. The molecule has 0 aliphatic rings. The number of nitrogens with two attached hydrogens (primary N) is 1. The number of benzene rings is 1. The Bertz CT molecular complexity index is 516. The maximum atomic E-state index is 11.2. The molecule has 0 saturated heterocycles. The molecule has 1 rings (SSSR count). The van der Waals surface area contributed by atoms with Crippen molar-refractivity contribution in [2.75, 3.05) is 26.2 Å². The van der Waals surface area contributed by atoms with Crippen LogP contribution in [0.3, 0.4) is 0 Å². The van der Waals surface area contributed by atoms with Crippen molar-refractivity contribution < 1.29 is 13.2 Å². The third kappa shape index (κ3) is 5.10. The molecule has 0 amide bonds. The number of sulfonamides is 1. The van der Waals surface area contributed by atoms with Gasteiger partial charge in [-0.25, -0.2) is 13.6 Å². The van der Waals surface area contributed by atoms with Crippen LogP contribution in [0.5, 0.6) is 5.75 Å². The molecule has 0 bridgehead atoms. The fourth-order valence-corrected chi connectivity index (χ4v) is 2.78. The van der Waals surface area contributed by atoms with E-state index in [1.54, 1.807) is 6.07 Å². The number of likely N-dealkylation sites (N-methyl/N-ethyl adjacent to an activating group) is 1. The predicted molar refractivity (Wildman–Crippen MR) is 78.8 cm³/mol. The third-order valence-electron chi connectivity index (χ3n) is 2.79. The van der Waals surface area contributed by atoms with Crippen LogP contribution in [-0.2, 0) is 10.0 Å². The molecule has 0 saturated carbocycles. The zero-order valence-corrected chi connectivity index (χ0v) is 13.5. The van der Waals surface area contributed by atoms with Gasteiger partial charge in [-0.1, -0.05) is 13.8 Å². The van der Waals surface area contributed by atoms with E-state index in [0.29, 0.717) is 16.8 Å². The Morgan fingerprint density at radius 2 is 1.95 bits per heavy atom. The average Bonchev–Trinajstić information content (AvgIpc) is 2.35. The van der Waals surface area contributed by atoms with Gasteiger partial charge in [-0.15, -0.1) is 0 Å². The van der Waals surface area contributed by atoms with Crippen molar-refractivity contribution in [1.82, 2.24) is 4.90 Å². The zero-order valence-electron chi connectivity index (χ0n) is 11.1. The summed E-state index contributed by atoms with van der Waals surface area (Å²) in [6.07, 6.45) is 0. The van der Waals surface area contributed by atoms with Gasteiger partial charge in [0.25, 0.3) is 0 Å². The lowest BCUT2D eigenvalue weighted by molar-refractivity contribution is 0.222. The fourth-order valence-electron chi connectivity index (χ4n) is 1.60. The molecule has 0 aromatic heterocycles. The molecule has 108 valence electrons. The molecule has 0 fully saturated rings. The highest BCUT2D eigenvalue weighted by Crippen LogP contribution is 2.27. The topological polar surface area (TPSA) is 72.6 Å². The first-order valence-electron chi connectivity index (χ1n) is 6.06. The summed E-state index contributed by atoms with van der Waals surface area (Å²) in [5.74, 6) is 0.611. The second-order valence-electron chi connectivity index (χ2n) is 4.01. The number of hydrogen-bond acceptors (Lipinski definition) is 4. The number of nitrogens with zero attached hydrogens (tertiary/aromatic N) is 1. The monoisotopic (exact) mass is 350 g/mol. The summed E-state index contributed by atoms with van der Waals surface area (Å²) in [4.78, 5) is 2.31. The molecular weight excluding hydrogens is 332 g/mol. The highest BCUT2D eigenvalue weighted by Gasteiger charge is 2.11. The number of hydrogen-bond donors (Lipinski definition) is 1. The molecule has 2 N–H and O–H groups in total. The summed E-state index contributed by atoms with van der Waals surface area (Å²) >= 11 is 3.28. The van der Waals surface area contributed by atoms with Gasteiger partial charge >= 0.3 is 0 Å². The summed E-state index contributed by atoms with van der Waals surface area (Å²) < 4.78 is 28.6. The maximum absolute atomic E-state index is 11.2. The molecule has 0 heterocycles. The minimum atomic E-state index is -3.68. The highest BCUT2D eigenvalue weighted by atomic mass is 79.9. The molecule has 0 aliphatic heterocycles. The SMILES string of the molecule is CCN(CC)CCOc1ccc(S(N)(=O)=O)cc1Br. The van der Waals surface area contributed by atoms with Crippen LogP contribution in [0.2, 0.25) is 0 Å². The molecule has 5 nitrogen and oxygen atoms in total. The summed E-state index contributed by atoms with van der Waals surface area (Å²) in [5.41, 5.74) is 0. The lowest BCUT2D eigenvalue weighted by Gasteiger charge is -2.18. The Hall–Kier alpha value is -0.630. The fraction of sp³-hybridized carbons (Fsp3) is 0.500. The van der Waals surface area contributed by atoms with E-state index < -0.39 is 10.0 Å². The van der Waals surface area contributed by atoms with Crippen molar-refractivity contribution in [3.63, 3.8) is 0 Å². The van der Waals surface area contributed by atoms with Gasteiger partial charge in [0.2, 0.25) is 10.0 Å². The van der Waals surface area contributed by atoms with Crippen LogP contribution >= 0.6 is 15.9 Å². The summed E-state index contributed by atoms with van der Waals surface area (Å²) in [5, 5.41) is 5.06. The first kappa shape index (κ1) is 16.4. The van der Waals surface area contributed by atoms with Gasteiger partial charge < -0.3 is 9.64 Å². The lowest BCUT2D eigenvalue weighted by Crippen LogP contribution is -2.27. The Morgan fingerprint density at radius 1 is 1.32 bits per heavy atom. The van der Waals surface area contributed by atoms with Crippen LogP contribution in [0.4, 0.5) is 0 Å². The molecule has 0 unspecified atom stereocenters. The Balaban J connectivity index is 2.66. The number of ether oxygens (including phenoxy) is 1. The van der Waals surface area contributed by atoms with E-state index in [2.05, 4.69) is 34.7 Å². The largest absolute Gasteiger partial charge is 0.491 e. The molecule has 7 heteroatoms. The van der Waals surface area contributed by atoms with Gasteiger partial charge in [0.05, 0.1) is 9.37 Å². The van der Waals surface area contributed by atoms with Gasteiger partial charge in [-0.2, -0.15) is 0 Å². The molecule has 0 radical (unpaired) electrons. The molecule has 0 aliphatic carbocycles. The predicted octanol–water partition coefficient (Wildman–Crippen LogP) is 1.82. The normalized spacial score (nSPS) is 11.8. The first-order valence-corrected chi connectivity index (χ1v) is 8.40. The zero-order chi connectivity index (χ0) is 14.5. The molecule has 1 aromatic carbocycles. The smallest absolute Gasteiger partial charge is 0.238 e. The average molecular weight is 351 g/mol. The van der Waals surface area contributed by atoms with Crippen molar-refractivity contribution in [2.24, 2.45) is 5.14 Å². The molecular formula is C12H19BrN2O3S. The van der Waals surface area contributed by atoms with Gasteiger partial charge in [-0.05, 0) is 47.2 Å². The van der Waals surface area contributed by atoms with E-state index in [4.69, 9.17) is 9.88 Å². The van der Waals surface area contributed by atoms with Crippen LogP contribution in [0.1, 0.15) is 13.8 Å². The molecule has 0 atom stereocenters. The Labute approximate surface area is 122 Å². The lowest BCUT2D eigenvalue weighted by atomic mass is 10.3. The van der Waals surface area contributed by atoms with Crippen LogP contribution in [-0.4, -0.2) is 39.6 Å². The van der Waals surface area contributed by atoms with Crippen molar-refractivity contribution in [3.05, 3.63) is 22.7 Å². The Kier molecular flexibility index (Phi) is 6.25. The van der Waals surface area contributed by atoms with E-state index in [1.807, 2.05) is 0 Å². The highest BCUT2D eigenvalue weighted by molar-refractivity contribution is 9.10. The quantitative estimate of drug-likeness (QED) is 0.813. The van der Waals surface area contributed by atoms with Gasteiger partial charge in [-0.3, -0.25) is 0 Å². The number of rotatable bonds is 7. The van der Waals surface area contributed by atoms with E-state index in [0.717, 1.165) is 19.6 Å². The minimum Gasteiger partial charge on any atom is -0.491 e. The van der Waals surface area contributed by atoms with Gasteiger partial charge in [0.1, 0.15) is 12.4 Å². The van der Waals surface area contributed by atoms with Crippen LogP contribution in [0.15, 0.2) is 27.6 Å². The summed E-state index contributed by atoms with van der Waals surface area (Å²) in [7, 11) is -3.68. The minimum absolute atomic E-state index is 0.0652. The van der Waals surface area contributed by atoms with E-state index in [-0.39, 0.29) is 4.90 Å². The molecule has 1 aromatic rings. The number of primary sulfonamides is 1. The second-order valence-corrected chi connectivity index (χ2v) is 6.43. The van der Waals surface area contributed by atoms with Crippen LogP contribution < -0.4 is 9.88 Å². The van der Waals surface area contributed by atoms with E-state index in [1.165, 1.54) is 12.1 Å². The van der Waals surface area contributed by atoms with Crippen molar-refractivity contribution in [3.8, 4) is 5.75 Å². The van der Waals surface area contributed by atoms with Crippen LogP contribution in [0.25, 0.3) is 0 Å². The van der Waals surface area contributed by atoms with Gasteiger partial charge in [0.15, 0.2) is 0 Å². The standard InChI is InChI=1S/C12H19BrN2O3S/c1-3-15(4-2)7-8-18-12-6-5-10(9-11(12)13)19(14,16)17/h5-6,9H,3-4,7-8H2,1-2H3,(H2,14,16,17). The molecule has 0 spiro atoms. The number of halogens is 1.